The van der Waals surface area contributed by atoms with Crippen LogP contribution in [-0.2, 0) is 4.79 Å². The lowest BCUT2D eigenvalue weighted by Crippen LogP contribution is -2.31. The first-order valence-corrected chi connectivity index (χ1v) is 6.00. The topological polar surface area (TPSA) is 49.3 Å². The van der Waals surface area contributed by atoms with Crippen LogP contribution in [0.25, 0.3) is 0 Å². The molecule has 1 unspecified atom stereocenters. The Hall–Kier alpha value is -1.14. The second-order valence-corrected chi connectivity index (χ2v) is 4.57. The van der Waals surface area contributed by atoms with E-state index in [1.807, 2.05) is 0 Å². The number of thioether (sulfide) groups is 1. The molecule has 1 rings (SSSR count). The fourth-order valence-electron chi connectivity index (χ4n) is 1.03. The molecule has 94 valence electrons. The van der Waals surface area contributed by atoms with Crippen LogP contribution in [0.1, 0.15) is 6.92 Å². The van der Waals surface area contributed by atoms with Crippen molar-refractivity contribution in [2.24, 2.45) is 0 Å². The number of nitrogens with one attached hydrogen (secondary N) is 1. The number of aliphatic hydroxyl groups is 1. The molecular weight excluding hydrogens is 248 g/mol. The molecule has 0 saturated carbocycles. The first-order valence-electron chi connectivity index (χ1n) is 5.01. The monoisotopic (exact) mass is 261 g/mol. The number of benzene rings is 1. The zero-order chi connectivity index (χ0) is 12.8. The van der Waals surface area contributed by atoms with E-state index in [4.69, 9.17) is 5.11 Å². The van der Waals surface area contributed by atoms with Crippen LogP contribution >= 0.6 is 11.8 Å². The summed E-state index contributed by atoms with van der Waals surface area (Å²) in [6.45, 7) is 1.74. The van der Waals surface area contributed by atoms with Crippen molar-refractivity contribution in [3.63, 3.8) is 0 Å². The number of hydrogen-bond acceptors (Lipinski definition) is 3. The standard InChI is InChI=1S/C11H13F2NO2S/c1-7(15)5-14-11(16)6-17-8-2-3-9(12)10(13)4-8/h2-4,7,15H,5-6H2,1H3,(H,14,16). The quantitative estimate of drug-likeness (QED) is 0.791. The predicted molar refractivity (Wildman–Crippen MR) is 61.8 cm³/mol. The maximum atomic E-state index is 12.8. The Bertz CT molecular complexity index is 399. The van der Waals surface area contributed by atoms with Crippen LogP contribution in [0.15, 0.2) is 23.1 Å². The van der Waals surface area contributed by atoms with Gasteiger partial charge in [-0.2, -0.15) is 0 Å². The molecule has 0 spiro atoms. The van der Waals surface area contributed by atoms with Crippen LogP contribution in [0.5, 0.6) is 0 Å². The molecular formula is C11H13F2NO2S. The molecule has 0 bridgehead atoms. The second kappa shape index (κ2) is 6.56. The maximum Gasteiger partial charge on any atom is 0.230 e. The molecule has 3 nitrogen and oxygen atoms in total. The second-order valence-electron chi connectivity index (χ2n) is 3.52. The molecule has 0 saturated heterocycles. The molecule has 1 aromatic carbocycles. The van der Waals surface area contributed by atoms with Crippen molar-refractivity contribution in [2.45, 2.75) is 17.9 Å². The van der Waals surface area contributed by atoms with Crippen LogP contribution in [0, 0.1) is 11.6 Å². The summed E-state index contributed by atoms with van der Waals surface area (Å²) in [7, 11) is 0. The molecule has 1 aromatic rings. The van der Waals surface area contributed by atoms with E-state index < -0.39 is 17.7 Å². The number of rotatable bonds is 5. The lowest BCUT2D eigenvalue weighted by molar-refractivity contribution is -0.118. The zero-order valence-corrected chi connectivity index (χ0v) is 10.1. The van der Waals surface area contributed by atoms with Gasteiger partial charge in [0.05, 0.1) is 11.9 Å². The normalized spacial score (nSPS) is 12.2. The highest BCUT2D eigenvalue weighted by molar-refractivity contribution is 8.00. The molecule has 0 aliphatic rings. The van der Waals surface area contributed by atoms with Crippen molar-refractivity contribution >= 4 is 17.7 Å². The molecule has 0 aliphatic carbocycles. The number of aliphatic hydroxyl groups excluding tert-OH is 1. The fraction of sp³-hybridized carbons (Fsp3) is 0.364. The molecule has 0 aromatic heterocycles. The number of halogens is 2. The number of amides is 1. The molecule has 2 N–H and O–H groups in total. The van der Waals surface area contributed by atoms with Crippen molar-refractivity contribution in [1.82, 2.24) is 5.32 Å². The maximum absolute atomic E-state index is 12.8. The van der Waals surface area contributed by atoms with Gasteiger partial charge in [0.25, 0.3) is 0 Å². The van der Waals surface area contributed by atoms with E-state index in [9.17, 15) is 13.6 Å². The average Bonchev–Trinajstić information content (AvgIpc) is 2.28. The third kappa shape index (κ3) is 5.14. The minimum atomic E-state index is -0.931. The Balaban J connectivity index is 2.39. The van der Waals surface area contributed by atoms with E-state index in [-0.39, 0.29) is 18.2 Å². The molecule has 17 heavy (non-hydrogen) atoms. The third-order valence-corrected chi connectivity index (χ3v) is 2.85. The van der Waals surface area contributed by atoms with Crippen LogP contribution in [0.4, 0.5) is 8.78 Å². The minimum absolute atomic E-state index is 0.0950. The fourth-order valence-corrected chi connectivity index (χ4v) is 1.78. The van der Waals surface area contributed by atoms with Crippen molar-refractivity contribution in [1.29, 1.82) is 0 Å². The van der Waals surface area contributed by atoms with Gasteiger partial charge in [-0.15, -0.1) is 11.8 Å². The van der Waals surface area contributed by atoms with Crippen LogP contribution < -0.4 is 5.32 Å². The van der Waals surface area contributed by atoms with Gasteiger partial charge in [0, 0.05) is 11.4 Å². The van der Waals surface area contributed by atoms with Crippen molar-refractivity contribution < 1.29 is 18.7 Å². The van der Waals surface area contributed by atoms with Crippen LogP contribution in [0.2, 0.25) is 0 Å². The molecule has 6 heteroatoms. The number of hydrogen-bond donors (Lipinski definition) is 2. The Labute approximate surface area is 102 Å². The van der Waals surface area contributed by atoms with Crippen LogP contribution in [-0.4, -0.2) is 29.4 Å². The summed E-state index contributed by atoms with van der Waals surface area (Å²) in [6, 6.07) is 3.47. The highest BCUT2D eigenvalue weighted by atomic mass is 32.2. The van der Waals surface area contributed by atoms with Gasteiger partial charge in [0.1, 0.15) is 0 Å². The smallest absolute Gasteiger partial charge is 0.230 e. The molecule has 1 amide bonds. The Morgan fingerprint density at radius 1 is 1.47 bits per heavy atom. The van der Waals surface area contributed by atoms with Gasteiger partial charge in [0.15, 0.2) is 11.6 Å². The van der Waals surface area contributed by atoms with Gasteiger partial charge in [-0.3, -0.25) is 4.79 Å². The first kappa shape index (κ1) is 13.9. The summed E-state index contributed by atoms with van der Waals surface area (Å²) in [5.41, 5.74) is 0. The third-order valence-electron chi connectivity index (χ3n) is 1.86. The minimum Gasteiger partial charge on any atom is -0.392 e. The summed E-state index contributed by atoms with van der Waals surface area (Å²) in [5, 5.41) is 11.4. The van der Waals surface area contributed by atoms with Gasteiger partial charge >= 0.3 is 0 Å². The summed E-state index contributed by atoms with van der Waals surface area (Å²) in [6.07, 6.45) is -0.604. The Morgan fingerprint density at radius 3 is 2.76 bits per heavy atom. The van der Waals surface area contributed by atoms with Crippen LogP contribution in [0.3, 0.4) is 0 Å². The predicted octanol–water partition coefficient (Wildman–Crippen LogP) is 1.55. The van der Waals surface area contributed by atoms with E-state index >= 15 is 0 Å². The summed E-state index contributed by atoms with van der Waals surface area (Å²) >= 11 is 1.10. The van der Waals surface area contributed by atoms with Gasteiger partial charge in [-0.25, -0.2) is 8.78 Å². The van der Waals surface area contributed by atoms with Gasteiger partial charge in [-0.05, 0) is 25.1 Å². The Morgan fingerprint density at radius 2 is 2.18 bits per heavy atom. The number of carbonyl (C=O) groups is 1. The van der Waals surface area contributed by atoms with E-state index in [1.165, 1.54) is 6.07 Å². The van der Waals surface area contributed by atoms with E-state index in [1.54, 1.807) is 6.92 Å². The first-order chi connectivity index (χ1) is 7.99. The van der Waals surface area contributed by atoms with Crippen molar-refractivity contribution in [3.8, 4) is 0 Å². The van der Waals surface area contributed by atoms with E-state index in [0.717, 1.165) is 23.9 Å². The van der Waals surface area contributed by atoms with Gasteiger partial charge in [0.2, 0.25) is 5.91 Å². The highest BCUT2D eigenvalue weighted by Crippen LogP contribution is 2.19. The SMILES string of the molecule is CC(O)CNC(=O)CSc1ccc(F)c(F)c1. The number of carbonyl (C=O) groups excluding carboxylic acids is 1. The zero-order valence-electron chi connectivity index (χ0n) is 9.24. The Kier molecular flexibility index (Phi) is 5.37. The van der Waals surface area contributed by atoms with E-state index in [2.05, 4.69) is 5.32 Å². The highest BCUT2D eigenvalue weighted by Gasteiger charge is 2.06. The lowest BCUT2D eigenvalue weighted by Gasteiger charge is -2.06. The summed E-state index contributed by atoms with van der Waals surface area (Å²) in [4.78, 5) is 11.7. The largest absolute Gasteiger partial charge is 0.392 e. The molecule has 1 atom stereocenters. The summed E-state index contributed by atoms with van der Waals surface area (Å²) < 4.78 is 25.5. The van der Waals surface area contributed by atoms with Crippen molar-refractivity contribution in [2.75, 3.05) is 12.3 Å². The molecule has 0 aliphatic heterocycles. The average molecular weight is 261 g/mol. The van der Waals surface area contributed by atoms with Crippen molar-refractivity contribution in [3.05, 3.63) is 29.8 Å². The molecule has 0 fully saturated rings. The molecule has 0 heterocycles. The molecule has 0 radical (unpaired) electrons. The van der Waals surface area contributed by atoms with Gasteiger partial charge < -0.3 is 10.4 Å². The summed E-state index contributed by atoms with van der Waals surface area (Å²) in [5.74, 6) is -2.01. The van der Waals surface area contributed by atoms with E-state index in [0.29, 0.717) is 4.90 Å². The van der Waals surface area contributed by atoms with Gasteiger partial charge in [-0.1, -0.05) is 0 Å². The lowest BCUT2D eigenvalue weighted by atomic mass is 10.3.